The standard InChI is InChI=1S/C28H30N6O2/c1-28(2,35)24-9-6-10-25(32-24)33-26-22(21-7-4-5-8-23(21)36-3)17-30-27(34-26)31-20-12-11-19-16-29-14-13-18(19)15-20/h4-12,15,17,29,35H,13-14,16H2,1-3H3,(H2,30,31,32,33,34). The van der Waals surface area contributed by atoms with Gasteiger partial charge in [0.15, 0.2) is 0 Å². The average Bonchev–Trinajstić information content (AvgIpc) is 2.88. The van der Waals surface area contributed by atoms with Crippen molar-refractivity contribution < 1.29 is 9.84 Å². The zero-order valence-corrected chi connectivity index (χ0v) is 20.7. The lowest BCUT2D eigenvalue weighted by Crippen LogP contribution is -2.23. The summed E-state index contributed by atoms with van der Waals surface area (Å²) in [6.45, 7) is 5.29. The topological polar surface area (TPSA) is 104 Å². The van der Waals surface area contributed by atoms with Crippen LogP contribution in [0.1, 0.15) is 30.7 Å². The van der Waals surface area contributed by atoms with E-state index in [0.29, 0.717) is 29.0 Å². The minimum atomic E-state index is -1.07. The molecule has 36 heavy (non-hydrogen) atoms. The highest BCUT2D eigenvalue weighted by molar-refractivity contribution is 5.81. The van der Waals surface area contributed by atoms with Gasteiger partial charge in [-0.2, -0.15) is 4.98 Å². The Morgan fingerprint density at radius 1 is 0.944 bits per heavy atom. The molecule has 0 spiro atoms. The minimum Gasteiger partial charge on any atom is -0.496 e. The zero-order valence-electron chi connectivity index (χ0n) is 20.7. The summed E-state index contributed by atoms with van der Waals surface area (Å²) in [6, 6.07) is 19.6. The normalized spacial score (nSPS) is 13.1. The van der Waals surface area contributed by atoms with Gasteiger partial charge < -0.3 is 25.8 Å². The summed E-state index contributed by atoms with van der Waals surface area (Å²) in [5.74, 6) is 2.31. The number of rotatable bonds is 7. The van der Waals surface area contributed by atoms with Crippen molar-refractivity contribution >= 4 is 23.3 Å². The Labute approximate surface area is 210 Å². The number of para-hydroxylation sites is 1. The lowest BCUT2D eigenvalue weighted by atomic mass is 10.0. The average molecular weight is 483 g/mol. The summed E-state index contributed by atoms with van der Waals surface area (Å²) in [4.78, 5) is 14.0. The smallest absolute Gasteiger partial charge is 0.229 e. The van der Waals surface area contributed by atoms with Gasteiger partial charge in [0.2, 0.25) is 5.95 Å². The summed E-state index contributed by atoms with van der Waals surface area (Å²) in [6.07, 6.45) is 2.77. The Morgan fingerprint density at radius 3 is 2.64 bits per heavy atom. The Balaban J connectivity index is 1.53. The van der Waals surface area contributed by atoms with E-state index in [4.69, 9.17) is 9.72 Å². The van der Waals surface area contributed by atoms with Crippen LogP contribution < -0.4 is 20.7 Å². The van der Waals surface area contributed by atoms with Crippen LogP contribution in [0.5, 0.6) is 5.75 Å². The molecule has 1 aliphatic rings. The maximum Gasteiger partial charge on any atom is 0.229 e. The van der Waals surface area contributed by atoms with Gasteiger partial charge in [-0.25, -0.2) is 9.97 Å². The summed E-state index contributed by atoms with van der Waals surface area (Å²) in [5, 5.41) is 20.5. The highest BCUT2D eigenvalue weighted by Crippen LogP contribution is 2.35. The molecule has 0 saturated carbocycles. The number of anilines is 4. The van der Waals surface area contributed by atoms with Gasteiger partial charge in [-0.3, -0.25) is 0 Å². The minimum absolute atomic E-state index is 0.462. The van der Waals surface area contributed by atoms with Crippen LogP contribution in [-0.4, -0.2) is 33.7 Å². The first kappa shape index (κ1) is 23.7. The molecule has 0 radical (unpaired) electrons. The SMILES string of the molecule is COc1ccccc1-c1cnc(Nc2ccc3c(c2)CCNC3)nc1Nc1cccc(C(C)(C)O)n1. The second-order valence-electron chi connectivity index (χ2n) is 9.28. The number of hydrogen-bond acceptors (Lipinski definition) is 8. The maximum atomic E-state index is 10.4. The molecule has 4 N–H and O–H groups in total. The molecule has 8 heteroatoms. The number of benzene rings is 2. The van der Waals surface area contributed by atoms with Gasteiger partial charge in [-0.1, -0.05) is 30.3 Å². The van der Waals surface area contributed by atoms with Crippen molar-refractivity contribution in [2.24, 2.45) is 0 Å². The Bertz CT molecular complexity index is 1380. The van der Waals surface area contributed by atoms with Crippen LogP contribution in [0.4, 0.5) is 23.3 Å². The molecule has 0 unspecified atom stereocenters. The lowest BCUT2D eigenvalue weighted by Gasteiger charge is -2.19. The molecule has 0 fully saturated rings. The molecule has 2 aromatic carbocycles. The van der Waals surface area contributed by atoms with Gasteiger partial charge in [0.1, 0.15) is 23.0 Å². The molecule has 0 bridgehead atoms. The third kappa shape index (κ3) is 5.15. The fourth-order valence-corrected chi connectivity index (χ4v) is 4.25. The highest BCUT2D eigenvalue weighted by Gasteiger charge is 2.19. The van der Waals surface area contributed by atoms with Gasteiger partial charge in [-0.15, -0.1) is 0 Å². The first-order valence-electron chi connectivity index (χ1n) is 12.0. The summed E-state index contributed by atoms with van der Waals surface area (Å²) < 4.78 is 5.59. The van der Waals surface area contributed by atoms with Crippen molar-refractivity contribution in [3.8, 4) is 16.9 Å². The van der Waals surface area contributed by atoms with Crippen LogP contribution in [0.25, 0.3) is 11.1 Å². The third-order valence-corrected chi connectivity index (χ3v) is 6.16. The van der Waals surface area contributed by atoms with Gasteiger partial charge >= 0.3 is 0 Å². The predicted octanol–water partition coefficient (Wildman–Crippen LogP) is 4.91. The van der Waals surface area contributed by atoms with Crippen molar-refractivity contribution in [2.45, 2.75) is 32.4 Å². The fraction of sp³-hybridized carbons (Fsp3) is 0.250. The summed E-state index contributed by atoms with van der Waals surface area (Å²) in [5.41, 5.74) is 4.70. The van der Waals surface area contributed by atoms with E-state index in [0.717, 1.165) is 36.3 Å². The monoisotopic (exact) mass is 482 g/mol. The number of hydrogen-bond donors (Lipinski definition) is 4. The molecule has 4 aromatic rings. The second-order valence-corrected chi connectivity index (χ2v) is 9.28. The quantitative estimate of drug-likeness (QED) is 0.295. The number of pyridine rings is 1. The van der Waals surface area contributed by atoms with E-state index in [9.17, 15) is 5.11 Å². The van der Waals surface area contributed by atoms with Crippen LogP contribution >= 0.6 is 0 Å². The first-order valence-corrected chi connectivity index (χ1v) is 12.0. The van der Waals surface area contributed by atoms with Crippen LogP contribution in [0.2, 0.25) is 0 Å². The van der Waals surface area contributed by atoms with Crippen LogP contribution in [0.3, 0.4) is 0 Å². The van der Waals surface area contributed by atoms with E-state index < -0.39 is 5.60 Å². The Hall–Kier alpha value is -4.01. The molecule has 0 saturated heterocycles. The molecule has 2 aromatic heterocycles. The molecular formula is C28H30N6O2. The number of nitrogens with one attached hydrogen (secondary N) is 3. The van der Waals surface area contributed by atoms with Gasteiger partial charge in [0.05, 0.1) is 12.8 Å². The van der Waals surface area contributed by atoms with E-state index in [2.05, 4.69) is 38.1 Å². The van der Waals surface area contributed by atoms with Crippen molar-refractivity contribution in [2.75, 3.05) is 24.3 Å². The Kier molecular flexibility index (Phi) is 6.54. The van der Waals surface area contributed by atoms with Crippen LogP contribution in [0, 0.1) is 0 Å². The highest BCUT2D eigenvalue weighted by atomic mass is 16.5. The van der Waals surface area contributed by atoms with Crippen LogP contribution in [-0.2, 0) is 18.6 Å². The number of fused-ring (bicyclic) bond motifs is 1. The molecular weight excluding hydrogens is 452 g/mol. The largest absolute Gasteiger partial charge is 0.496 e. The van der Waals surface area contributed by atoms with Gasteiger partial charge in [-0.05, 0) is 68.3 Å². The van der Waals surface area contributed by atoms with E-state index >= 15 is 0 Å². The van der Waals surface area contributed by atoms with Crippen LogP contribution in [0.15, 0.2) is 66.9 Å². The van der Waals surface area contributed by atoms with Crippen molar-refractivity contribution in [1.29, 1.82) is 0 Å². The summed E-state index contributed by atoms with van der Waals surface area (Å²) >= 11 is 0. The maximum absolute atomic E-state index is 10.4. The fourth-order valence-electron chi connectivity index (χ4n) is 4.25. The molecule has 8 nitrogen and oxygen atoms in total. The predicted molar refractivity (Wildman–Crippen MR) is 142 cm³/mol. The summed E-state index contributed by atoms with van der Waals surface area (Å²) in [7, 11) is 1.64. The number of aromatic nitrogens is 3. The number of methoxy groups -OCH3 is 1. The van der Waals surface area contributed by atoms with Crippen molar-refractivity contribution in [3.63, 3.8) is 0 Å². The number of ether oxygens (including phenoxy) is 1. The molecule has 0 atom stereocenters. The molecule has 3 heterocycles. The molecule has 5 rings (SSSR count). The first-order chi connectivity index (χ1) is 17.4. The molecule has 0 amide bonds. The molecule has 1 aliphatic heterocycles. The van der Waals surface area contributed by atoms with Crippen molar-refractivity contribution in [1.82, 2.24) is 20.3 Å². The van der Waals surface area contributed by atoms with Gasteiger partial charge in [0, 0.05) is 29.6 Å². The lowest BCUT2D eigenvalue weighted by molar-refractivity contribution is 0.0740. The van der Waals surface area contributed by atoms with E-state index in [1.165, 1.54) is 11.1 Å². The van der Waals surface area contributed by atoms with Crippen molar-refractivity contribution in [3.05, 3.63) is 83.7 Å². The van der Waals surface area contributed by atoms with E-state index in [-0.39, 0.29) is 0 Å². The Morgan fingerprint density at radius 2 is 1.81 bits per heavy atom. The zero-order chi connectivity index (χ0) is 25.1. The number of nitrogens with zero attached hydrogens (tertiary/aromatic N) is 3. The van der Waals surface area contributed by atoms with E-state index in [1.54, 1.807) is 33.2 Å². The third-order valence-electron chi connectivity index (χ3n) is 6.16. The second kappa shape index (κ2) is 9.93. The molecule has 184 valence electrons. The van der Waals surface area contributed by atoms with E-state index in [1.807, 2.05) is 42.5 Å². The van der Waals surface area contributed by atoms with Gasteiger partial charge in [0.25, 0.3) is 0 Å². The molecule has 0 aliphatic carbocycles. The number of aliphatic hydroxyl groups is 1.